The molecule has 0 bridgehead atoms. The monoisotopic (exact) mass is 1830 g/mol. The zero-order valence-electron chi connectivity index (χ0n) is 77.5. The largest absolute Gasteiger partial charge is 0.382 e. The number of fused-ring (bicyclic) bond motifs is 5. The molecule has 37 nitrogen and oxygen atoms in total. The molecule has 2 saturated heterocycles. The Balaban J connectivity index is 0.000000150. The van der Waals surface area contributed by atoms with Crippen LogP contribution in [0.3, 0.4) is 0 Å². The van der Waals surface area contributed by atoms with Crippen LogP contribution in [0.1, 0.15) is 250 Å². The molecule has 1 aliphatic carbocycles. The van der Waals surface area contributed by atoms with Gasteiger partial charge in [-0.15, -0.1) is 0 Å². The Kier molecular flexibility index (Phi) is 34.6. The summed E-state index contributed by atoms with van der Waals surface area (Å²) >= 11 is 0. The van der Waals surface area contributed by atoms with Gasteiger partial charge in [-0.2, -0.15) is 0 Å². The van der Waals surface area contributed by atoms with Crippen LogP contribution >= 0.6 is 0 Å². The molecule has 0 atom stereocenters. The predicted molar refractivity (Wildman–Crippen MR) is 529 cm³/mol. The quantitative estimate of drug-likeness (QED) is 0.0195. The van der Waals surface area contributed by atoms with Gasteiger partial charge >= 0.3 is 28.4 Å². The van der Waals surface area contributed by atoms with Crippen LogP contribution in [0.4, 0.5) is 29.1 Å². The van der Waals surface area contributed by atoms with Crippen molar-refractivity contribution in [2.45, 2.75) is 264 Å². The molecule has 0 unspecified atom stereocenters. The fourth-order valence-electron chi connectivity index (χ4n) is 17.4. The third-order valence-corrected chi connectivity index (χ3v) is 25.0. The number of aromatic nitrogens is 25. The Morgan fingerprint density at radius 2 is 0.575 bits per heavy atom. The lowest BCUT2D eigenvalue weighted by atomic mass is 9.94. The van der Waals surface area contributed by atoms with Gasteiger partial charge in [0.15, 0.2) is 57.3 Å². The molecule has 2 aliphatic heterocycles. The lowest BCUT2D eigenvalue weighted by molar-refractivity contribution is 0.173. The summed E-state index contributed by atoms with van der Waals surface area (Å²) in [5, 5.41) is 0. The number of nitrogens with two attached hydrogens (primary N) is 5. The van der Waals surface area contributed by atoms with E-state index in [1.807, 2.05) is 73.4 Å². The first kappa shape index (κ1) is 99.4. The van der Waals surface area contributed by atoms with Crippen LogP contribution in [0.2, 0.25) is 0 Å². The zero-order valence-corrected chi connectivity index (χ0v) is 77.5. The molecule has 134 heavy (non-hydrogen) atoms. The molecule has 37 heteroatoms. The van der Waals surface area contributed by atoms with E-state index < -0.39 is 0 Å². The number of piperidine rings is 2. The molecule has 0 aromatic carbocycles. The highest BCUT2D eigenvalue weighted by Gasteiger charge is 2.24. The highest BCUT2D eigenvalue weighted by Crippen LogP contribution is 2.30. The molecule has 0 spiro atoms. The maximum atomic E-state index is 12.3. The molecular weight excluding hydrogens is 1690 g/mol. The number of H-pyrrole nitrogens is 5. The number of unbranched alkanes of at least 4 members (excludes halogenated alkanes) is 7. The number of imidazole rings is 5. The van der Waals surface area contributed by atoms with E-state index in [0.29, 0.717) is 135 Å². The van der Waals surface area contributed by atoms with Gasteiger partial charge in [0, 0.05) is 61.2 Å². The van der Waals surface area contributed by atoms with Crippen molar-refractivity contribution in [1.82, 2.24) is 132 Å². The molecule has 15 aromatic heterocycles. The first-order chi connectivity index (χ1) is 63.8. The van der Waals surface area contributed by atoms with Gasteiger partial charge in [0.05, 0.1) is 44.1 Å². The van der Waals surface area contributed by atoms with Crippen molar-refractivity contribution in [1.29, 1.82) is 0 Å². The number of likely N-dealkylation sites (tertiary alicyclic amines) is 2. The van der Waals surface area contributed by atoms with Crippen LogP contribution in [-0.2, 0) is 65.1 Å². The summed E-state index contributed by atoms with van der Waals surface area (Å²) in [4.78, 5) is 145. The molecule has 1 saturated carbocycles. The van der Waals surface area contributed by atoms with E-state index in [0.717, 1.165) is 139 Å². The van der Waals surface area contributed by atoms with E-state index in [1.54, 1.807) is 57.5 Å². The first-order valence-corrected chi connectivity index (χ1v) is 46.6. The van der Waals surface area contributed by atoms with E-state index in [4.69, 9.17) is 28.7 Å². The number of nitrogen functional groups attached to an aromatic ring is 5. The van der Waals surface area contributed by atoms with Gasteiger partial charge in [-0.1, -0.05) is 150 Å². The minimum absolute atomic E-state index is 0. The van der Waals surface area contributed by atoms with Crippen LogP contribution in [-0.4, -0.2) is 158 Å². The van der Waals surface area contributed by atoms with Crippen molar-refractivity contribution in [3.05, 3.63) is 229 Å². The number of rotatable bonds is 29. The molecule has 18 rings (SSSR count). The topological polar surface area (TPSA) is 519 Å². The average molecular weight is 1830 g/mol. The van der Waals surface area contributed by atoms with Crippen molar-refractivity contribution < 1.29 is 0 Å². The SMILES string of the molecule is C.C.CCC1CCN(Cc2ccc(Cn3c(=O)[nH]c4c(N)nc(C)nc43)cn2)CC1.CCCCCCCCc1ccc(Cn2c(=O)[nH]c3c(N)nc(C)nc32)cn1.CCCCCc1ccc(Cn2c(=O)[nH]c3c(N)nc(C)nc32)cn1.Cc1nc(N)c2[nH]c(=O)n(Cc3ccc(CCC4CCCC4)nc3)c2n1.Cc1nc(N)c2[nH]c(=O)n(Cc3ccc(CN4CCC(C)CC4)nc3)c2n1. The van der Waals surface area contributed by atoms with Gasteiger partial charge in [0.2, 0.25) is 0 Å². The Morgan fingerprint density at radius 3 is 0.858 bits per heavy atom. The van der Waals surface area contributed by atoms with Crippen LogP contribution in [0.15, 0.2) is 116 Å². The number of pyridine rings is 5. The highest BCUT2D eigenvalue weighted by atomic mass is 16.2. The molecule has 3 fully saturated rings. The molecule has 3 aliphatic rings. The fraction of sp³-hybridized carbons (Fsp3) is 0.485. The van der Waals surface area contributed by atoms with Gasteiger partial charge in [-0.05, 0) is 201 Å². The Hall–Kier alpha value is -13.6. The maximum absolute atomic E-state index is 12.3. The number of nitrogens with zero attached hydrogens (tertiary/aromatic N) is 22. The molecule has 0 radical (unpaired) electrons. The standard InChI is InChI=1S/C20H27N7O.C20H28N6O.C19H25N7O.C19H24N6O.C17H22N6O.2CH4/c1-3-14-6-8-26(9-7-14)12-16-5-4-15(10-22-16)11-27-19-17(25-20(27)28)18(21)23-13(2)24-19;1-3-4-5-6-7-8-9-16-11-10-15(12-22-16)13-26-19-17(25-20(26)27)18(21)23-14(2)24-19;1-12-5-7-25(8-6-12)11-15-4-3-14(9-21-15)10-26-18-16(24-19(26)27)17(20)22-13(2)23-18;1-12-22-17(20)16-18(23-12)25(19(26)24-16)11-14-7-9-15(21-10-14)8-6-13-4-2-3-5-13;1-3-4-5-6-13-8-7-12(9-19-13)10-23-16-14(22-17(23)24)15(18)20-11(2)21-16;;/h4-5,10,14H,3,6-9,11-12H2,1-2H3,(H,25,28)(H2,21,23,24);10-12H,3-9,13H2,1-2H3,(H,25,27)(H2,21,23,24);3-4,9,12H,5-8,10-11H2,1-2H3,(H,24,27)(H2,20,22,23);7,9-10,13H,2-6,8,11H2,1H3,(H,24,26)(H2,20,22,23);7-9H,3-6,10H2,1-2H3,(H,22,24)(H2,18,20,21);2*1H4. The van der Waals surface area contributed by atoms with E-state index in [9.17, 15) is 24.0 Å². The van der Waals surface area contributed by atoms with E-state index in [-0.39, 0.29) is 54.9 Å². The van der Waals surface area contributed by atoms with E-state index >= 15 is 0 Å². The first-order valence-electron chi connectivity index (χ1n) is 46.6. The van der Waals surface area contributed by atoms with Crippen LogP contribution in [0.25, 0.3) is 55.8 Å². The van der Waals surface area contributed by atoms with Gasteiger partial charge in [-0.25, -0.2) is 73.8 Å². The maximum Gasteiger partial charge on any atom is 0.328 e. The summed E-state index contributed by atoms with van der Waals surface area (Å²) in [5.41, 5.74) is 43.5. The lowest BCUT2D eigenvalue weighted by Crippen LogP contribution is -2.33. The summed E-state index contributed by atoms with van der Waals surface area (Å²) in [5.74, 6) is 6.74. The normalized spacial score (nSPS) is 13.9. The van der Waals surface area contributed by atoms with Gasteiger partial charge in [0.25, 0.3) is 0 Å². The highest BCUT2D eigenvalue weighted by molar-refractivity contribution is 5.84. The van der Waals surface area contributed by atoms with Crippen LogP contribution in [0, 0.1) is 52.4 Å². The molecule has 0 amide bonds. The second-order valence-electron chi connectivity index (χ2n) is 35.4. The summed E-state index contributed by atoms with van der Waals surface area (Å²) in [6.07, 6.45) is 36.5. The number of anilines is 5. The summed E-state index contributed by atoms with van der Waals surface area (Å²) in [6, 6.07) is 20.4. The Bertz CT molecular complexity index is 6680. The van der Waals surface area contributed by atoms with Crippen molar-refractivity contribution in [2.24, 2.45) is 17.8 Å². The lowest BCUT2D eigenvalue weighted by Gasteiger charge is -2.31. The molecule has 17 heterocycles. The molecule has 15 N–H and O–H groups in total. The molecule has 712 valence electrons. The van der Waals surface area contributed by atoms with Crippen molar-refractivity contribution >= 4 is 84.9 Å². The number of aryl methyl sites for hydroxylation is 8. The minimum atomic E-state index is -0.247. The summed E-state index contributed by atoms with van der Waals surface area (Å²) < 4.78 is 7.87. The van der Waals surface area contributed by atoms with Crippen LogP contribution < -0.4 is 57.1 Å². The predicted octanol–water partition coefficient (Wildman–Crippen LogP) is 13.2. The Morgan fingerprint density at radius 1 is 0.313 bits per heavy atom. The number of hydrogen-bond acceptors (Lipinski definition) is 27. The van der Waals surface area contributed by atoms with Crippen LogP contribution in [0.5, 0.6) is 0 Å². The third kappa shape index (κ3) is 25.8. The van der Waals surface area contributed by atoms with Crippen molar-refractivity contribution in [3.8, 4) is 0 Å². The molecule has 15 aromatic rings. The summed E-state index contributed by atoms with van der Waals surface area (Å²) in [6.45, 7) is 26.1. The number of nitrogens with one attached hydrogen (secondary N) is 5. The van der Waals surface area contributed by atoms with Crippen molar-refractivity contribution in [2.75, 3.05) is 54.8 Å². The minimum Gasteiger partial charge on any atom is -0.382 e. The molecular formula is C97H134N32O5. The van der Waals surface area contributed by atoms with E-state index in [2.05, 4.69) is 155 Å². The average Bonchev–Trinajstić information content (AvgIpc) is 1.66. The number of aromatic amines is 5. The van der Waals surface area contributed by atoms with E-state index in [1.165, 1.54) is 116 Å². The number of hydrogen-bond donors (Lipinski definition) is 10. The zero-order chi connectivity index (χ0) is 93.1. The fourth-order valence-corrected chi connectivity index (χ4v) is 17.4. The van der Waals surface area contributed by atoms with Crippen molar-refractivity contribution in [3.63, 3.8) is 0 Å². The third-order valence-electron chi connectivity index (χ3n) is 25.0. The van der Waals surface area contributed by atoms with Gasteiger partial charge in [0.1, 0.15) is 56.7 Å². The summed E-state index contributed by atoms with van der Waals surface area (Å²) in [7, 11) is 0. The Labute approximate surface area is 779 Å². The van der Waals surface area contributed by atoms with Gasteiger partial charge in [-0.3, -0.25) is 57.6 Å². The van der Waals surface area contributed by atoms with Gasteiger partial charge < -0.3 is 53.6 Å². The second kappa shape index (κ2) is 46.7. The second-order valence-corrected chi connectivity index (χ2v) is 35.4. The smallest absolute Gasteiger partial charge is 0.328 e.